The van der Waals surface area contributed by atoms with Gasteiger partial charge in [-0.05, 0) is 144 Å². The number of rotatable bonds is 12. The van der Waals surface area contributed by atoms with Gasteiger partial charge < -0.3 is 19.9 Å². The minimum atomic E-state index is 0.938. The van der Waals surface area contributed by atoms with E-state index in [1.165, 1.54) is 111 Å². The Hall–Kier alpha value is -4.32. The van der Waals surface area contributed by atoms with Crippen LogP contribution in [0.2, 0.25) is 0 Å². The van der Waals surface area contributed by atoms with Crippen molar-refractivity contribution in [2.45, 2.75) is 160 Å². The molecule has 0 amide bonds. The summed E-state index contributed by atoms with van der Waals surface area (Å²) in [5.74, 6) is 0. The van der Waals surface area contributed by atoms with Gasteiger partial charge in [0.1, 0.15) is 0 Å². The van der Waals surface area contributed by atoms with E-state index in [0.717, 1.165) is 99.8 Å². The lowest BCUT2D eigenvalue weighted by Crippen LogP contribution is -1.91. The van der Waals surface area contributed by atoms with Crippen molar-refractivity contribution in [3.8, 4) is 0 Å². The first-order valence-electron chi connectivity index (χ1n) is 21.6. The quantitative estimate of drug-likeness (QED) is 0.103. The molecule has 286 valence electrons. The molecule has 5 aromatic heterocycles. The van der Waals surface area contributed by atoms with Gasteiger partial charge in [0.25, 0.3) is 0 Å². The Balaban J connectivity index is 1.88. The first-order chi connectivity index (χ1) is 26.3. The zero-order valence-corrected chi connectivity index (χ0v) is 35.4. The van der Waals surface area contributed by atoms with Crippen LogP contribution in [0.3, 0.4) is 0 Å². The lowest BCUT2D eigenvalue weighted by molar-refractivity contribution is 1.06. The van der Waals surface area contributed by atoms with Gasteiger partial charge in [0.2, 0.25) is 0 Å². The van der Waals surface area contributed by atoms with E-state index in [2.05, 4.69) is 103 Å². The van der Waals surface area contributed by atoms with Gasteiger partial charge in [0.15, 0.2) is 0 Å². The average Bonchev–Trinajstić information content (AvgIpc) is 4.03. The van der Waals surface area contributed by atoms with Crippen molar-refractivity contribution >= 4 is 66.4 Å². The number of hydrogen-bond donors (Lipinski definition) is 4. The van der Waals surface area contributed by atoms with E-state index >= 15 is 0 Å². The van der Waals surface area contributed by atoms with Crippen LogP contribution in [0.1, 0.15) is 176 Å². The second kappa shape index (κ2) is 15.1. The van der Waals surface area contributed by atoms with E-state index in [0.29, 0.717) is 0 Å². The van der Waals surface area contributed by atoms with Crippen molar-refractivity contribution in [2.24, 2.45) is 0 Å². The lowest BCUT2D eigenvalue weighted by atomic mass is 9.95. The summed E-state index contributed by atoms with van der Waals surface area (Å²) in [5, 5.41) is 0. The number of hydrogen-bond acceptors (Lipinski definition) is 2. The summed E-state index contributed by atoms with van der Waals surface area (Å²) in [5.41, 5.74) is 31.0. The Labute approximate surface area is 322 Å². The number of aromatic amines is 4. The summed E-state index contributed by atoms with van der Waals surface area (Å²) in [4.78, 5) is 27.9. The standard InChI is InChI=1S/C48H64N6/c1-13-25-26(14-2)38-40-29(17-5)30(18-6)43(51-40)44-33(21-9)34(22-10)47(53-44)48-36(24-12)35(23-11)46(54-48)45-32(20-8)31(19-7)42(52-45)41-28(16-4)27(15-3)39(50-41)37(25)49-38/h49-51,54H,13-24H2,1-12H3. The molecule has 0 radical (unpaired) electrons. The fourth-order valence-corrected chi connectivity index (χ4v) is 10.5. The topological polar surface area (TPSA) is 88.9 Å². The van der Waals surface area contributed by atoms with Crippen molar-refractivity contribution in [1.82, 2.24) is 29.9 Å². The molecule has 2 aliphatic rings. The van der Waals surface area contributed by atoms with Crippen LogP contribution < -0.4 is 0 Å². The summed E-state index contributed by atoms with van der Waals surface area (Å²) >= 11 is 0. The molecule has 6 heteroatoms. The zero-order chi connectivity index (χ0) is 38.6. The highest BCUT2D eigenvalue weighted by atomic mass is 14.9. The van der Waals surface area contributed by atoms with Gasteiger partial charge in [-0.15, -0.1) is 0 Å². The fraction of sp³-hybridized carbons (Fsp3) is 0.500. The van der Waals surface area contributed by atoms with Gasteiger partial charge in [-0.2, -0.15) is 0 Å². The highest BCUT2D eigenvalue weighted by molar-refractivity contribution is 6.06. The Morgan fingerprint density at radius 2 is 0.407 bits per heavy atom. The Morgan fingerprint density at radius 1 is 0.241 bits per heavy atom. The summed E-state index contributed by atoms with van der Waals surface area (Å²) in [6.45, 7) is 27.8. The summed E-state index contributed by atoms with van der Waals surface area (Å²) < 4.78 is 0. The molecule has 0 saturated carbocycles. The molecule has 5 aromatic rings. The Kier molecular flexibility index (Phi) is 10.6. The molecular weight excluding hydrogens is 661 g/mol. The molecule has 0 atom stereocenters. The van der Waals surface area contributed by atoms with Gasteiger partial charge in [0.05, 0.1) is 66.9 Å². The molecular formula is C48H64N6. The molecule has 54 heavy (non-hydrogen) atoms. The third kappa shape index (κ3) is 5.33. The number of nitrogens with zero attached hydrogens (tertiary/aromatic N) is 2. The maximum absolute atomic E-state index is 5.72. The van der Waals surface area contributed by atoms with E-state index in [1.807, 2.05) is 0 Å². The normalized spacial score (nSPS) is 13.6. The van der Waals surface area contributed by atoms with Crippen LogP contribution in [-0.4, -0.2) is 29.9 Å². The minimum absolute atomic E-state index is 0.938. The van der Waals surface area contributed by atoms with E-state index in [-0.39, 0.29) is 0 Å². The number of nitrogens with one attached hydrogen (secondary N) is 4. The van der Waals surface area contributed by atoms with Crippen LogP contribution in [0.5, 0.6) is 0 Å². The van der Waals surface area contributed by atoms with Crippen LogP contribution in [0.15, 0.2) is 0 Å². The van der Waals surface area contributed by atoms with Crippen molar-refractivity contribution < 1.29 is 0 Å². The second-order valence-electron chi connectivity index (χ2n) is 15.1. The number of allylic oxidation sites excluding steroid dienone is 4. The third-order valence-electron chi connectivity index (χ3n) is 12.9. The number of aryl methyl sites for hydroxylation is 8. The van der Waals surface area contributed by atoms with Crippen molar-refractivity contribution in [2.75, 3.05) is 0 Å². The molecule has 7 rings (SSSR count). The van der Waals surface area contributed by atoms with Crippen molar-refractivity contribution in [1.29, 1.82) is 0 Å². The lowest BCUT2D eigenvalue weighted by Gasteiger charge is -2.06. The van der Waals surface area contributed by atoms with Crippen LogP contribution in [-0.2, 0) is 51.4 Å². The molecule has 0 aliphatic carbocycles. The van der Waals surface area contributed by atoms with Crippen LogP contribution >= 0.6 is 0 Å². The predicted molar refractivity (Wildman–Crippen MR) is 235 cm³/mol. The molecule has 6 nitrogen and oxygen atoms in total. The number of H-pyrrole nitrogens is 4. The smallest absolute Gasteiger partial charge is 0.0911 e. The highest BCUT2D eigenvalue weighted by Crippen LogP contribution is 2.45. The third-order valence-corrected chi connectivity index (χ3v) is 12.9. The fourth-order valence-electron chi connectivity index (χ4n) is 10.5. The van der Waals surface area contributed by atoms with E-state index < -0.39 is 0 Å². The molecule has 7 heterocycles. The van der Waals surface area contributed by atoms with Gasteiger partial charge in [-0.1, -0.05) is 83.1 Å². The molecule has 12 bridgehead atoms. The molecule has 2 aliphatic heterocycles. The van der Waals surface area contributed by atoms with Crippen LogP contribution in [0.25, 0.3) is 66.4 Å². The maximum Gasteiger partial charge on any atom is 0.0911 e. The molecule has 0 aromatic carbocycles. The van der Waals surface area contributed by atoms with E-state index in [9.17, 15) is 0 Å². The average molecular weight is 725 g/mol. The summed E-state index contributed by atoms with van der Waals surface area (Å²) in [6.07, 6.45) is 11.4. The number of fused-ring (bicyclic) bond motifs is 18. The van der Waals surface area contributed by atoms with Crippen molar-refractivity contribution in [3.05, 3.63) is 67.3 Å². The van der Waals surface area contributed by atoms with Gasteiger partial charge >= 0.3 is 0 Å². The monoisotopic (exact) mass is 725 g/mol. The van der Waals surface area contributed by atoms with Gasteiger partial charge in [-0.3, -0.25) is 0 Å². The minimum Gasteiger partial charge on any atom is -0.352 e. The molecule has 4 N–H and O–H groups in total. The van der Waals surface area contributed by atoms with Crippen LogP contribution in [0.4, 0.5) is 0 Å². The summed E-state index contributed by atoms with van der Waals surface area (Å²) in [6, 6.07) is 0. The maximum atomic E-state index is 5.72. The second-order valence-corrected chi connectivity index (χ2v) is 15.1. The molecule has 0 fully saturated rings. The SMILES string of the molecule is CCC1=C(CC)c2nc1c1[nH]c(c3nc(c4[nH]c(c(CC)c4CC)c4[nH]c(c(CC)c4CC)c4[nH]c2c(CC)c4CC)C(CC)=C3CC)c(CC)c1CC. The highest BCUT2D eigenvalue weighted by Gasteiger charge is 2.29. The Bertz CT molecular complexity index is 2350. The largest absolute Gasteiger partial charge is 0.352 e. The zero-order valence-electron chi connectivity index (χ0n) is 35.4. The molecule has 0 saturated heterocycles. The van der Waals surface area contributed by atoms with Gasteiger partial charge in [0, 0.05) is 0 Å². The molecule has 0 spiro atoms. The molecule has 0 unspecified atom stereocenters. The van der Waals surface area contributed by atoms with E-state index in [4.69, 9.17) is 9.97 Å². The summed E-state index contributed by atoms with van der Waals surface area (Å²) in [7, 11) is 0. The van der Waals surface area contributed by atoms with Crippen molar-refractivity contribution in [3.63, 3.8) is 0 Å². The van der Waals surface area contributed by atoms with Crippen LogP contribution in [0, 0.1) is 0 Å². The van der Waals surface area contributed by atoms with Gasteiger partial charge in [-0.25, -0.2) is 9.97 Å². The first-order valence-corrected chi connectivity index (χ1v) is 21.6. The van der Waals surface area contributed by atoms with E-state index in [1.54, 1.807) is 0 Å². The first kappa shape index (κ1) is 38.0. The predicted octanol–water partition coefficient (Wildman–Crippen LogP) is 13.2. The number of aromatic nitrogens is 6. The Morgan fingerprint density at radius 3 is 0.593 bits per heavy atom.